The predicted octanol–water partition coefficient (Wildman–Crippen LogP) is 6.35. The van der Waals surface area contributed by atoms with Crippen molar-refractivity contribution in [3.05, 3.63) is 82.2 Å². The number of dihydropyridines is 1. The Bertz CT molecular complexity index is 1260. The van der Waals surface area contributed by atoms with E-state index in [4.69, 9.17) is 4.74 Å². The number of para-hydroxylation sites is 1. The Morgan fingerprint density at radius 1 is 1.11 bits per heavy atom. The molecular weight excluding hydrogens is 469 g/mol. The molecule has 0 spiro atoms. The Kier molecular flexibility index (Phi) is 6.73. The average molecular weight is 499 g/mol. The highest BCUT2D eigenvalue weighted by molar-refractivity contribution is 6.10. The molecule has 0 unspecified atom stereocenters. The number of alkyl halides is 3. The number of Topliss-reactive ketones (excluding diaryl/α,β-unsaturated/α-hetero) is 1. The van der Waals surface area contributed by atoms with E-state index in [1.54, 1.807) is 31.2 Å². The summed E-state index contributed by atoms with van der Waals surface area (Å²) in [5, 5.41) is 5.69. The number of hydrogen-bond donors (Lipinski definition) is 2. The number of carbonyl (C=O) groups is 2. The molecule has 0 saturated heterocycles. The second kappa shape index (κ2) is 9.48. The van der Waals surface area contributed by atoms with Crippen LogP contribution in [0.4, 0.5) is 18.9 Å². The Balaban J connectivity index is 1.80. The lowest BCUT2D eigenvalue weighted by Gasteiger charge is -2.39. The van der Waals surface area contributed by atoms with Crippen LogP contribution in [0.5, 0.6) is 5.75 Å². The van der Waals surface area contributed by atoms with Gasteiger partial charge in [0, 0.05) is 34.9 Å². The van der Waals surface area contributed by atoms with E-state index in [2.05, 4.69) is 10.6 Å². The molecule has 2 aromatic carbocycles. The Labute approximate surface area is 208 Å². The van der Waals surface area contributed by atoms with Gasteiger partial charge in [-0.3, -0.25) is 9.59 Å². The highest BCUT2D eigenvalue weighted by Gasteiger charge is 2.43. The molecule has 0 saturated carbocycles. The molecule has 2 N–H and O–H groups in total. The molecule has 0 fully saturated rings. The molecular formula is C28H29F3N2O3. The van der Waals surface area contributed by atoms with E-state index in [9.17, 15) is 22.8 Å². The van der Waals surface area contributed by atoms with Crippen molar-refractivity contribution >= 4 is 17.4 Å². The van der Waals surface area contributed by atoms with Gasteiger partial charge in [0.2, 0.25) is 0 Å². The molecule has 1 atom stereocenters. The minimum atomic E-state index is -4.63. The number of carbonyl (C=O) groups excluding carboxylic acids is 2. The van der Waals surface area contributed by atoms with Crippen molar-refractivity contribution in [1.29, 1.82) is 0 Å². The lowest BCUT2D eigenvalue weighted by molar-refractivity contribution is -0.137. The third kappa shape index (κ3) is 5.03. The summed E-state index contributed by atoms with van der Waals surface area (Å²) in [6.45, 7) is 8.09. The first-order valence-corrected chi connectivity index (χ1v) is 11.9. The van der Waals surface area contributed by atoms with Gasteiger partial charge in [-0.1, -0.05) is 38.1 Å². The van der Waals surface area contributed by atoms with Crippen LogP contribution in [-0.4, -0.2) is 18.3 Å². The second-order valence-electron chi connectivity index (χ2n) is 9.93. The zero-order valence-electron chi connectivity index (χ0n) is 20.7. The Morgan fingerprint density at radius 2 is 1.78 bits per heavy atom. The van der Waals surface area contributed by atoms with Gasteiger partial charge in [0.25, 0.3) is 5.91 Å². The van der Waals surface area contributed by atoms with Gasteiger partial charge in [0.15, 0.2) is 5.78 Å². The molecule has 1 aliphatic heterocycles. The van der Waals surface area contributed by atoms with Gasteiger partial charge in [-0.2, -0.15) is 13.2 Å². The molecule has 0 radical (unpaired) electrons. The predicted molar refractivity (Wildman–Crippen MR) is 131 cm³/mol. The van der Waals surface area contributed by atoms with Crippen molar-refractivity contribution in [3.8, 4) is 5.75 Å². The number of halogens is 3. The number of benzene rings is 2. The number of rotatable bonds is 5. The number of anilines is 1. The van der Waals surface area contributed by atoms with E-state index in [0.29, 0.717) is 42.0 Å². The maximum absolute atomic E-state index is 13.6. The van der Waals surface area contributed by atoms with Crippen LogP contribution in [0.2, 0.25) is 0 Å². The maximum atomic E-state index is 13.6. The van der Waals surface area contributed by atoms with Crippen molar-refractivity contribution in [2.45, 2.75) is 52.6 Å². The van der Waals surface area contributed by atoms with Crippen LogP contribution in [-0.2, 0) is 15.8 Å². The molecule has 1 heterocycles. The fourth-order valence-corrected chi connectivity index (χ4v) is 5.02. The summed E-state index contributed by atoms with van der Waals surface area (Å²) in [7, 11) is 0. The molecule has 190 valence electrons. The van der Waals surface area contributed by atoms with Crippen LogP contribution in [0, 0.1) is 5.41 Å². The van der Waals surface area contributed by atoms with Gasteiger partial charge in [-0.05, 0) is 55.5 Å². The van der Waals surface area contributed by atoms with E-state index in [-0.39, 0.29) is 22.5 Å². The quantitative estimate of drug-likeness (QED) is 0.504. The fraction of sp³-hybridized carbons (Fsp3) is 0.357. The minimum Gasteiger partial charge on any atom is -0.494 e. The first-order valence-electron chi connectivity index (χ1n) is 11.9. The van der Waals surface area contributed by atoms with E-state index >= 15 is 0 Å². The summed E-state index contributed by atoms with van der Waals surface area (Å²) < 4.78 is 46.2. The lowest BCUT2D eigenvalue weighted by Crippen LogP contribution is -2.39. The first kappa shape index (κ1) is 25.5. The summed E-state index contributed by atoms with van der Waals surface area (Å²) in [5.41, 5.74) is 1.11. The Hall–Kier alpha value is -3.55. The van der Waals surface area contributed by atoms with E-state index in [1.165, 1.54) is 18.2 Å². The standard InChI is InChI=1S/C28H29F3N2O3/c1-5-36-18-12-10-17(11-13-18)24-23(16(2)32-21-14-27(3,4)15-22(34)25(21)24)26(35)33-20-9-7-6-8-19(20)28(29,30)31/h6-13,24,32H,5,14-15H2,1-4H3,(H,33,35)/t24-/m1/s1. The van der Waals surface area contributed by atoms with Crippen molar-refractivity contribution < 1.29 is 27.5 Å². The molecule has 5 nitrogen and oxygen atoms in total. The van der Waals surface area contributed by atoms with Crippen molar-refractivity contribution in [2.24, 2.45) is 5.41 Å². The van der Waals surface area contributed by atoms with Crippen LogP contribution < -0.4 is 15.4 Å². The number of nitrogens with one attached hydrogen (secondary N) is 2. The highest BCUT2D eigenvalue weighted by atomic mass is 19.4. The van der Waals surface area contributed by atoms with E-state index < -0.39 is 23.6 Å². The van der Waals surface area contributed by atoms with Crippen molar-refractivity contribution in [2.75, 3.05) is 11.9 Å². The summed E-state index contributed by atoms with van der Waals surface area (Å²) in [6.07, 6.45) is -3.70. The van der Waals surface area contributed by atoms with Gasteiger partial charge in [0.1, 0.15) is 5.75 Å². The lowest BCUT2D eigenvalue weighted by atomic mass is 9.68. The number of ether oxygens (including phenoxy) is 1. The number of amides is 1. The highest BCUT2D eigenvalue weighted by Crippen LogP contribution is 2.47. The van der Waals surface area contributed by atoms with E-state index in [0.717, 1.165) is 11.8 Å². The van der Waals surface area contributed by atoms with Gasteiger partial charge in [-0.25, -0.2) is 0 Å². The van der Waals surface area contributed by atoms with Crippen LogP contribution >= 0.6 is 0 Å². The SMILES string of the molecule is CCOc1ccc([C@@H]2C(C(=O)Nc3ccccc3C(F)(F)F)=C(C)NC3=C2C(=O)CC(C)(C)C3)cc1. The fourth-order valence-electron chi connectivity index (χ4n) is 5.02. The summed E-state index contributed by atoms with van der Waals surface area (Å²) in [4.78, 5) is 27.0. The second-order valence-corrected chi connectivity index (χ2v) is 9.93. The van der Waals surface area contributed by atoms with Gasteiger partial charge in [0.05, 0.1) is 17.9 Å². The van der Waals surface area contributed by atoms with Crippen molar-refractivity contribution in [1.82, 2.24) is 5.32 Å². The summed E-state index contributed by atoms with van der Waals surface area (Å²) in [5.74, 6) is -0.856. The van der Waals surface area contributed by atoms with Crippen molar-refractivity contribution in [3.63, 3.8) is 0 Å². The summed E-state index contributed by atoms with van der Waals surface area (Å²) >= 11 is 0. The Morgan fingerprint density at radius 3 is 2.42 bits per heavy atom. The smallest absolute Gasteiger partial charge is 0.418 e. The molecule has 2 aromatic rings. The summed E-state index contributed by atoms with van der Waals surface area (Å²) in [6, 6.07) is 12.0. The van der Waals surface area contributed by atoms with Crippen LogP contribution in [0.25, 0.3) is 0 Å². The molecule has 8 heteroatoms. The number of hydrogen-bond acceptors (Lipinski definition) is 4. The normalized spacial score (nSPS) is 19.5. The zero-order chi connectivity index (χ0) is 26.3. The molecule has 0 bridgehead atoms. The first-order chi connectivity index (χ1) is 16.9. The largest absolute Gasteiger partial charge is 0.494 e. The van der Waals surface area contributed by atoms with Gasteiger partial charge < -0.3 is 15.4 Å². The molecule has 2 aliphatic rings. The van der Waals surface area contributed by atoms with Gasteiger partial charge in [-0.15, -0.1) is 0 Å². The van der Waals surface area contributed by atoms with Crippen LogP contribution in [0.15, 0.2) is 71.1 Å². The van der Waals surface area contributed by atoms with Crippen LogP contribution in [0.3, 0.4) is 0 Å². The molecule has 0 aromatic heterocycles. The topological polar surface area (TPSA) is 67.4 Å². The maximum Gasteiger partial charge on any atom is 0.418 e. The monoisotopic (exact) mass is 498 g/mol. The molecule has 1 amide bonds. The third-order valence-corrected chi connectivity index (χ3v) is 6.49. The zero-order valence-corrected chi connectivity index (χ0v) is 20.7. The molecule has 36 heavy (non-hydrogen) atoms. The average Bonchev–Trinajstić information content (AvgIpc) is 2.77. The van der Waals surface area contributed by atoms with Gasteiger partial charge >= 0.3 is 6.18 Å². The molecule has 1 aliphatic carbocycles. The number of ketones is 1. The minimum absolute atomic E-state index is 0.0823. The van der Waals surface area contributed by atoms with Crippen LogP contribution in [0.1, 0.15) is 57.6 Å². The van der Waals surface area contributed by atoms with E-state index in [1.807, 2.05) is 20.8 Å². The molecule has 4 rings (SSSR count). The third-order valence-electron chi connectivity index (χ3n) is 6.49. The number of allylic oxidation sites excluding steroid dienone is 3.